The van der Waals surface area contributed by atoms with Crippen molar-refractivity contribution in [3.63, 3.8) is 0 Å². The maximum Gasteiger partial charge on any atom is 0.333 e. The van der Waals surface area contributed by atoms with Crippen LogP contribution in [0.5, 0.6) is 0 Å². The number of carbonyl (C=O) groups is 2. The van der Waals surface area contributed by atoms with E-state index in [4.69, 9.17) is 4.74 Å². The topological polar surface area (TPSA) is 43.4 Å². The second-order valence-electron chi connectivity index (χ2n) is 5.57. The van der Waals surface area contributed by atoms with Gasteiger partial charge in [-0.1, -0.05) is 25.5 Å². The molecule has 0 aliphatic heterocycles. The van der Waals surface area contributed by atoms with E-state index < -0.39 is 0 Å². The molecule has 1 atom stereocenters. The van der Waals surface area contributed by atoms with Crippen LogP contribution in [0.2, 0.25) is 0 Å². The van der Waals surface area contributed by atoms with Gasteiger partial charge in [-0.05, 0) is 32.3 Å². The van der Waals surface area contributed by atoms with Gasteiger partial charge in [-0.25, -0.2) is 4.79 Å². The van der Waals surface area contributed by atoms with Crippen molar-refractivity contribution in [2.75, 3.05) is 6.61 Å². The van der Waals surface area contributed by atoms with Crippen LogP contribution in [0.25, 0.3) is 0 Å². The number of hydrogen-bond acceptors (Lipinski definition) is 3. The highest BCUT2D eigenvalue weighted by Crippen LogP contribution is 2.40. The number of esters is 1. The summed E-state index contributed by atoms with van der Waals surface area (Å²) in [6.07, 6.45) is 4.13. The van der Waals surface area contributed by atoms with Crippen molar-refractivity contribution in [2.45, 2.75) is 41.0 Å². The maximum absolute atomic E-state index is 11.6. The third-order valence-corrected chi connectivity index (χ3v) is 3.37. The predicted octanol–water partition coefficient (Wildman–Crippen LogP) is 3.06. The van der Waals surface area contributed by atoms with Crippen LogP contribution < -0.4 is 0 Å². The Morgan fingerprint density at radius 2 is 2.17 bits per heavy atom. The molecule has 0 heterocycles. The zero-order valence-corrected chi connectivity index (χ0v) is 11.9. The van der Waals surface area contributed by atoms with Crippen molar-refractivity contribution < 1.29 is 14.3 Å². The molecular weight excluding hydrogens is 228 g/mol. The molecule has 0 spiro atoms. The summed E-state index contributed by atoms with van der Waals surface area (Å²) >= 11 is 0. The molecule has 0 aromatic heterocycles. The minimum Gasteiger partial charge on any atom is -0.463 e. The fourth-order valence-corrected chi connectivity index (χ4v) is 2.49. The molecule has 3 nitrogen and oxygen atoms in total. The summed E-state index contributed by atoms with van der Waals surface area (Å²) in [7, 11) is 0. The fourth-order valence-electron chi connectivity index (χ4n) is 2.49. The molecule has 0 saturated heterocycles. The number of hydrogen-bond donors (Lipinski definition) is 0. The van der Waals surface area contributed by atoms with Gasteiger partial charge in [0.15, 0.2) is 5.78 Å². The van der Waals surface area contributed by atoms with Crippen molar-refractivity contribution in [3.8, 4) is 0 Å². The molecule has 100 valence electrons. The first-order chi connectivity index (χ1) is 8.27. The lowest BCUT2D eigenvalue weighted by molar-refractivity contribution is -0.138. The van der Waals surface area contributed by atoms with Gasteiger partial charge < -0.3 is 4.74 Å². The quantitative estimate of drug-likeness (QED) is 0.571. The van der Waals surface area contributed by atoms with Crippen molar-refractivity contribution in [3.05, 3.63) is 23.3 Å². The Morgan fingerprint density at radius 3 is 2.67 bits per heavy atom. The summed E-state index contributed by atoms with van der Waals surface area (Å²) in [6, 6.07) is 0. The third kappa shape index (κ3) is 3.31. The average molecular weight is 250 g/mol. The second kappa shape index (κ2) is 5.51. The van der Waals surface area contributed by atoms with Crippen molar-refractivity contribution in [1.82, 2.24) is 0 Å². The Kier molecular flexibility index (Phi) is 4.49. The lowest BCUT2D eigenvalue weighted by Crippen LogP contribution is -2.31. The Balaban J connectivity index is 3.00. The van der Waals surface area contributed by atoms with Crippen LogP contribution in [0.4, 0.5) is 0 Å². The lowest BCUT2D eigenvalue weighted by atomic mass is 9.68. The molecule has 1 rings (SSSR count). The highest BCUT2D eigenvalue weighted by atomic mass is 16.5. The minimum absolute atomic E-state index is 0.111. The van der Waals surface area contributed by atoms with Gasteiger partial charge in [-0.3, -0.25) is 4.79 Å². The van der Waals surface area contributed by atoms with Crippen LogP contribution >= 0.6 is 0 Å². The fraction of sp³-hybridized carbons (Fsp3) is 0.600. The average Bonchev–Trinajstić information content (AvgIpc) is 2.22. The van der Waals surface area contributed by atoms with Crippen LogP contribution in [0.1, 0.15) is 41.0 Å². The molecule has 1 aliphatic rings. The van der Waals surface area contributed by atoms with Crippen molar-refractivity contribution in [2.24, 2.45) is 11.3 Å². The first kappa shape index (κ1) is 14.7. The van der Waals surface area contributed by atoms with E-state index in [-0.39, 0.29) is 23.1 Å². The van der Waals surface area contributed by atoms with Gasteiger partial charge in [-0.15, -0.1) is 0 Å². The summed E-state index contributed by atoms with van der Waals surface area (Å²) in [5, 5.41) is 0. The van der Waals surface area contributed by atoms with Gasteiger partial charge in [0, 0.05) is 17.9 Å². The summed E-state index contributed by atoms with van der Waals surface area (Å²) < 4.78 is 4.98. The van der Waals surface area contributed by atoms with Gasteiger partial charge in [0.05, 0.1) is 6.61 Å². The number of carbonyl (C=O) groups excluding carboxylic acids is 2. The van der Waals surface area contributed by atoms with E-state index in [1.54, 1.807) is 19.9 Å². The third-order valence-electron chi connectivity index (χ3n) is 3.37. The van der Waals surface area contributed by atoms with Crippen LogP contribution in [0.3, 0.4) is 0 Å². The Bertz CT molecular complexity index is 413. The van der Waals surface area contributed by atoms with E-state index in [2.05, 4.69) is 13.8 Å². The second-order valence-corrected chi connectivity index (χ2v) is 5.57. The highest BCUT2D eigenvalue weighted by molar-refractivity contribution is 5.92. The molecule has 1 aliphatic carbocycles. The molecule has 0 amide bonds. The standard InChI is InChI=1S/C15H22O3/c1-6-18-14(17)11(3)8-13-10(2)7-12(16)9-15(13,4)5/h7-8,13H,6,9H2,1-5H3. The monoisotopic (exact) mass is 250 g/mol. The Hall–Kier alpha value is -1.38. The molecule has 0 radical (unpaired) electrons. The smallest absolute Gasteiger partial charge is 0.333 e. The van der Waals surface area contributed by atoms with Crippen LogP contribution in [0.15, 0.2) is 23.3 Å². The zero-order valence-electron chi connectivity index (χ0n) is 11.9. The molecule has 0 N–H and O–H groups in total. The number of ketones is 1. The Morgan fingerprint density at radius 1 is 1.56 bits per heavy atom. The highest BCUT2D eigenvalue weighted by Gasteiger charge is 2.35. The molecule has 3 heteroatoms. The maximum atomic E-state index is 11.6. The van der Waals surface area contributed by atoms with E-state index in [1.165, 1.54) is 0 Å². The van der Waals surface area contributed by atoms with Gasteiger partial charge in [0.25, 0.3) is 0 Å². The van der Waals surface area contributed by atoms with E-state index in [0.717, 1.165) is 5.57 Å². The summed E-state index contributed by atoms with van der Waals surface area (Å²) in [4.78, 5) is 23.2. The molecule has 0 aromatic rings. The molecule has 0 fully saturated rings. The number of allylic oxidation sites excluding steroid dienone is 3. The number of rotatable bonds is 3. The van der Waals surface area contributed by atoms with E-state index in [1.807, 2.05) is 13.0 Å². The largest absolute Gasteiger partial charge is 0.463 e. The summed E-state index contributed by atoms with van der Waals surface area (Å²) in [5.74, 6) is -0.00598. The van der Waals surface area contributed by atoms with Gasteiger partial charge in [0.2, 0.25) is 0 Å². The lowest BCUT2D eigenvalue weighted by Gasteiger charge is -2.36. The summed E-state index contributed by atoms with van der Waals surface area (Å²) in [5.41, 5.74) is 1.47. The number of ether oxygens (including phenoxy) is 1. The summed E-state index contributed by atoms with van der Waals surface area (Å²) in [6.45, 7) is 9.99. The van der Waals surface area contributed by atoms with Crippen LogP contribution in [-0.2, 0) is 14.3 Å². The van der Waals surface area contributed by atoms with E-state index in [9.17, 15) is 9.59 Å². The zero-order chi connectivity index (χ0) is 13.9. The van der Waals surface area contributed by atoms with E-state index in [0.29, 0.717) is 18.6 Å². The molecule has 1 unspecified atom stereocenters. The molecular formula is C15H22O3. The van der Waals surface area contributed by atoms with E-state index >= 15 is 0 Å². The molecule has 0 saturated carbocycles. The predicted molar refractivity (Wildman–Crippen MR) is 71.0 cm³/mol. The van der Waals surface area contributed by atoms with Crippen molar-refractivity contribution in [1.29, 1.82) is 0 Å². The van der Waals surface area contributed by atoms with Crippen molar-refractivity contribution >= 4 is 11.8 Å². The minimum atomic E-state index is -0.280. The normalized spacial score (nSPS) is 23.6. The Labute approximate surface area is 109 Å². The first-order valence-electron chi connectivity index (χ1n) is 6.34. The van der Waals surface area contributed by atoms with Crippen LogP contribution in [0, 0.1) is 11.3 Å². The first-order valence-corrected chi connectivity index (χ1v) is 6.34. The van der Waals surface area contributed by atoms with Crippen LogP contribution in [-0.4, -0.2) is 18.4 Å². The molecule has 0 aromatic carbocycles. The molecule has 18 heavy (non-hydrogen) atoms. The van der Waals surface area contributed by atoms with Gasteiger partial charge >= 0.3 is 5.97 Å². The van der Waals surface area contributed by atoms with Gasteiger partial charge in [-0.2, -0.15) is 0 Å². The molecule has 0 bridgehead atoms. The van der Waals surface area contributed by atoms with Gasteiger partial charge in [0.1, 0.15) is 0 Å². The SMILES string of the molecule is CCOC(=O)C(C)=CC1C(C)=CC(=O)CC1(C)C.